The maximum Gasteiger partial charge on any atom is 0.121 e. The molecule has 1 aromatic heterocycles. The Morgan fingerprint density at radius 3 is 2.25 bits per heavy atom. The average molecular weight is 280 g/mol. The van der Waals surface area contributed by atoms with Crippen LogP contribution in [0.1, 0.15) is 11.4 Å². The van der Waals surface area contributed by atoms with Gasteiger partial charge in [0.2, 0.25) is 0 Å². The summed E-state index contributed by atoms with van der Waals surface area (Å²) in [4.78, 5) is 0. The van der Waals surface area contributed by atoms with E-state index in [4.69, 9.17) is 4.74 Å². The van der Waals surface area contributed by atoms with Gasteiger partial charge >= 0.3 is 0 Å². The van der Waals surface area contributed by atoms with Gasteiger partial charge in [-0.2, -0.15) is 0 Å². The first-order valence-electron chi connectivity index (χ1n) is 5.12. The van der Waals surface area contributed by atoms with E-state index >= 15 is 0 Å². The van der Waals surface area contributed by atoms with Crippen molar-refractivity contribution in [1.82, 2.24) is 4.57 Å². The van der Waals surface area contributed by atoms with Crippen molar-refractivity contribution in [1.29, 1.82) is 0 Å². The lowest BCUT2D eigenvalue weighted by molar-refractivity contribution is 0.414. The summed E-state index contributed by atoms with van der Waals surface area (Å²) >= 11 is 3.57. The Labute approximate surface area is 104 Å². The maximum atomic E-state index is 5.25. The molecule has 0 saturated heterocycles. The van der Waals surface area contributed by atoms with Crippen LogP contribution in [-0.4, -0.2) is 11.7 Å². The van der Waals surface area contributed by atoms with Crippen LogP contribution in [0.15, 0.2) is 34.8 Å². The highest BCUT2D eigenvalue weighted by atomic mass is 79.9. The number of hydrogen-bond donors (Lipinski definition) is 0. The Hall–Kier alpha value is -1.22. The molecule has 1 heterocycles. The minimum Gasteiger partial charge on any atom is -0.497 e. The van der Waals surface area contributed by atoms with Gasteiger partial charge in [0.15, 0.2) is 0 Å². The SMILES string of the molecule is COc1ccc(Br)c(-n2c(C)ccc2C)c1. The third kappa shape index (κ3) is 1.87. The van der Waals surface area contributed by atoms with Crippen molar-refractivity contribution < 1.29 is 4.74 Å². The van der Waals surface area contributed by atoms with Crippen LogP contribution in [0.25, 0.3) is 5.69 Å². The molecule has 16 heavy (non-hydrogen) atoms. The molecule has 3 heteroatoms. The third-order valence-corrected chi connectivity index (χ3v) is 3.34. The zero-order valence-electron chi connectivity index (χ0n) is 9.62. The molecule has 2 nitrogen and oxygen atoms in total. The first-order valence-corrected chi connectivity index (χ1v) is 5.91. The van der Waals surface area contributed by atoms with Crippen molar-refractivity contribution in [3.05, 3.63) is 46.2 Å². The molecule has 0 aliphatic carbocycles. The van der Waals surface area contributed by atoms with Gasteiger partial charge in [0.25, 0.3) is 0 Å². The zero-order chi connectivity index (χ0) is 11.7. The predicted molar refractivity (Wildman–Crippen MR) is 69.5 cm³/mol. The Morgan fingerprint density at radius 1 is 1.06 bits per heavy atom. The Morgan fingerprint density at radius 2 is 1.69 bits per heavy atom. The van der Waals surface area contributed by atoms with Crippen molar-refractivity contribution >= 4 is 15.9 Å². The number of methoxy groups -OCH3 is 1. The monoisotopic (exact) mass is 279 g/mol. The van der Waals surface area contributed by atoms with Crippen molar-refractivity contribution in [2.75, 3.05) is 7.11 Å². The first-order chi connectivity index (χ1) is 7.63. The van der Waals surface area contributed by atoms with Crippen LogP contribution >= 0.6 is 15.9 Å². The number of benzene rings is 1. The number of ether oxygens (including phenoxy) is 1. The van der Waals surface area contributed by atoms with E-state index < -0.39 is 0 Å². The van der Waals surface area contributed by atoms with Crippen molar-refractivity contribution in [3.63, 3.8) is 0 Å². The molecular weight excluding hydrogens is 266 g/mol. The quantitative estimate of drug-likeness (QED) is 0.814. The molecule has 0 amide bonds. The summed E-state index contributed by atoms with van der Waals surface area (Å²) in [6.45, 7) is 4.19. The molecule has 0 N–H and O–H groups in total. The van der Waals surface area contributed by atoms with Crippen LogP contribution in [0.3, 0.4) is 0 Å². The summed E-state index contributed by atoms with van der Waals surface area (Å²) in [5.41, 5.74) is 3.54. The van der Waals surface area contributed by atoms with Crippen LogP contribution < -0.4 is 4.74 Å². The Kier molecular flexibility index (Phi) is 3.06. The number of halogens is 1. The molecule has 2 rings (SSSR count). The average Bonchev–Trinajstić information content (AvgIpc) is 2.60. The van der Waals surface area contributed by atoms with Gasteiger partial charge in [-0.1, -0.05) is 0 Å². The van der Waals surface area contributed by atoms with E-state index in [1.165, 1.54) is 11.4 Å². The minimum absolute atomic E-state index is 0.866. The molecule has 0 bridgehead atoms. The van der Waals surface area contributed by atoms with E-state index in [0.29, 0.717) is 0 Å². The third-order valence-electron chi connectivity index (χ3n) is 2.67. The fourth-order valence-corrected chi connectivity index (χ4v) is 2.26. The highest BCUT2D eigenvalue weighted by Crippen LogP contribution is 2.28. The normalized spacial score (nSPS) is 10.5. The minimum atomic E-state index is 0.866. The molecule has 0 saturated carbocycles. The van der Waals surface area contributed by atoms with Gasteiger partial charge in [-0.3, -0.25) is 0 Å². The van der Waals surface area contributed by atoms with E-state index in [9.17, 15) is 0 Å². The predicted octanol–water partition coefficient (Wildman–Crippen LogP) is 3.87. The van der Waals surface area contributed by atoms with Crippen LogP contribution in [0.2, 0.25) is 0 Å². The van der Waals surface area contributed by atoms with E-state index in [0.717, 1.165) is 15.9 Å². The number of nitrogens with zero attached hydrogens (tertiary/aromatic N) is 1. The molecule has 2 aromatic rings. The van der Waals surface area contributed by atoms with Gasteiger partial charge in [-0.25, -0.2) is 0 Å². The second-order valence-electron chi connectivity index (χ2n) is 3.77. The van der Waals surface area contributed by atoms with E-state index in [2.05, 4.69) is 46.5 Å². The highest BCUT2D eigenvalue weighted by Gasteiger charge is 2.08. The Balaban J connectivity index is 2.63. The van der Waals surface area contributed by atoms with Crippen molar-refractivity contribution in [2.24, 2.45) is 0 Å². The first kappa shape index (κ1) is 11.3. The van der Waals surface area contributed by atoms with Gasteiger partial charge in [0.1, 0.15) is 5.75 Å². The summed E-state index contributed by atoms with van der Waals surface area (Å²) in [6.07, 6.45) is 0. The summed E-state index contributed by atoms with van der Waals surface area (Å²) in [5.74, 6) is 0.866. The number of aromatic nitrogens is 1. The van der Waals surface area contributed by atoms with Crippen molar-refractivity contribution in [3.8, 4) is 11.4 Å². The second kappa shape index (κ2) is 4.34. The molecule has 0 aliphatic heterocycles. The van der Waals surface area contributed by atoms with Gasteiger partial charge in [-0.15, -0.1) is 0 Å². The van der Waals surface area contributed by atoms with Crippen LogP contribution in [-0.2, 0) is 0 Å². The van der Waals surface area contributed by atoms with Crippen LogP contribution in [0.4, 0.5) is 0 Å². The summed E-state index contributed by atoms with van der Waals surface area (Å²) in [6, 6.07) is 10.2. The maximum absolute atomic E-state index is 5.25. The molecule has 0 unspecified atom stereocenters. The standard InChI is InChI=1S/C13H14BrNO/c1-9-4-5-10(2)15(9)13-8-11(16-3)6-7-12(13)14/h4-8H,1-3H3. The smallest absolute Gasteiger partial charge is 0.121 e. The van der Waals surface area contributed by atoms with Crippen LogP contribution in [0.5, 0.6) is 5.75 Å². The lowest BCUT2D eigenvalue weighted by atomic mass is 10.3. The van der Waals surface area contributed by atoms with E-state index in [1.54, 1.807) is 7.11 Å². The molecule has 0 atom stereocenters. The fourth-order valence-electron chi connectivity index (χ4n) is 1.84. The second-order valence-corrected chi connectivity index (χ2v) is 4.62. The van der Waals surface area contributed by atoms with Crippen molar-refractivity contribution in [2.45, 2.75) is 13.8 Å². The fraction of sp³-hybridized carbons (Fsp3) is 0.231. The van der Waals surface area contributed by atoms with Crippen LogP contribution in [0, 0.1) is 13.8 Å². The highest BCUT2D eigenvalue weighted by molar-refractivity contribution is 9.10. The molecular formula is C13H14BrNO. The molecule has 84 valence electrons. The van der Waals surface area contributed by atoms with Gasteiger partial charge in [-0.05, 0) is 54.0 Å². The zero-order valence-corrected chi connectivity index (χ0v) is 11.2. The number of hydrogen-bond acceptors (Lipinski definition) is 1. The summed E-state index contributed by atoms with van der Waals surface area (Å²) in [7, 11) is 1.68. The Bertz CT molecular complexity index is 497. The van der Waals surface area contributed by atoms with E-state index in [-0.39, 0.29) is 0 Å². The number of aryl methyl sites for hydroxylation is 2. The van der Waals surface area contributed by atoms with Gasteiger partial charge in [0, 0.05) is 21.9 Å². The molecule has 1 aromatic carbocycles. The molecule has 0 radical (unpaired) electrons. The molecule has 0 aliphatic rings. The lowest BCUT2D eigenvalue weighted by Crippen LogP contribution is -2.00. The van der Waals surface area contributed by atoms with Gasteiger partial charge < -0.3 is 9.30 Å². The summed E-state index contributed by atoms with van der Waals surface area (Å²) < 4.78 is 8.52. The largest absolute Gasteiger partial charge is 0.497 e. The molecule has 0 spiro atoms. The summed E-state index contributed by atoms with van der Waals surface area (Å²) in [5, 5.41) is 0. The molecule has 0 fully saturated rings. The van der Waals surface area contributed by atoms with Gasteiger partial charge in [0.05, 0.1) is 12.8 Å². The topological polar surface area (TPSA) is 14.2 Å². The lowest BCUT2D eigenvalue weighted by Gasteiger charge is -2.12. The number of rotatable bonds is 2. The van der Waals surface area contributed by atoms with E-state index in [1.807, 2.05) is 18.2 Å².